The van der Waals surface area contributed by atoms with Gasteiger partial charge in [0.2, 0.25) is 0 Å². The molecule has 3 aromatic carbocycles. The van der Waals surface area contributed by atoms with Gasteiger partial charge in [-0.3, -0.25) is 4.79 Å². The quantitative estimate of drug-likeness (QED) is 0.558. The summed E-state index contributed by atoms with van der Waals surface area (Å²) >= 11 is 0. The highest BCUT2D eigenvalue weighted by Gasteiger charge is 2.35. The molecule has 1 saturated heterocycles. The Labute approximate surface area is 156 Å². The van der Waals surface area contributed by atoms with Crippen molar-refractivity contribution in [3.05, 3.63) is 78.0 Å². The highest BCUT2D eigenvalue weighted by Crippen LogP contribution is 2.31. The van der Waals surface area contributed by atoms with Gasteiger partial charge in [0.15, 0.2) is 0 Å². The number of anilines is 1. The third-order valence-corrected chi connectivity index (χ3v) is 4.41. The predicted molar refractivity (Wildman–Crippen MR) is 106 cm³/mol. The number of ether oxygens (including phenoxy) is 1. The average molecular weight is 358 g/mol. The Morgan fingerprint density at radius 2 is 1.70 bits per heavy atom. The van der Waals surface area contributed by atoms with Gasteiger partial charge in [-0.25, -0.2) is 9.69 Å². The summed E-state index contributed by atoms with van der Waals surface area (Å²) in [5.41, 5.74) is 1.53. The second-order valence-electron chi connectivity index (χ2n) is 6.10. The number of benzene rings is 3. The summed E-state index contributed by atoms with van der Waals surface area (Å²) in [6.45, 7) is 2.41. The van der Waals surface area contributed by atoms with Crippen molar-refractivity contribution in [3.8, 4) is 5.75 Å². The highest BCUT2D eigenvalue weighted by atomic mass is 16.5. The van der Waals surface area contributed by atoms with Crippen LogP contribution in [0.3, 0.4) is 0 Å². The van der Waals surface area contributed by atoms with Gasteiger partial charge in [-0.05, 0) is 42.0 Å². The molecule has 5 heteroatoms. The molecule has 0 unspecified atom stereocenters. The topological polar surface area (TPSA) is 58.6 Å². The molecule has 5 nitrogen and oxygen atoms in total. The van der Waals surface area contributed by atoms with Crippen LogP contribution in [0.5, 0.6) is 5.75 Å². The molecule has 27 heavy (non-hydrogen) atoms. The number of carbonyl (C=O) groups is 2. The van der Waals surface area contributed by atoms with Crippen molar-refractivity contribution >= 4 is 34.5 Å². The third-order valence-electron chi connectivity index (χ3n) is 4.41. The first-order valence-corrected chi connectivity index (χ1v) is 8.76. The Morgan fingerprint density at radius 3 is 2.48 bits per heavy atom. The lowest BCUT2D eigenvalue weighted by molar-refractivity contribution is -0.113. The molecule has 1 aliphatic rings. The Hall–Kier alpha value is -3.60. The van der Waals surface area contributed by atoms with Crippen molar-refractivity contribution in [3.63, 3.8) is 0 Å². The number of carbonyl (C=O) groups excluding carboxylic acids is 2. The summed E-state index contributed by atoms with van der Waals surface area (Å²) in [4.78, 5) is 26.4. The molecule has 0 bridgehead atoms. The minimum atomic E-state index is -0.462. The van der Waals surface area contributed by atoms with Crippen molar-refractivity contribution in [2.24, 2.45) is 0 Å². The molecule has 3 aromatic rings. The standard InChI is InChI=1S/C22H18N2O3/c1-2-27-20-13-12-15-8-6-7-11-17(15)18(20)14-19-21(25)24(22(26)23-19)16-9-4-3-5-10-16/h3-14H,2H2,1H3,(H,23,26). The van der Waals surface area contributed by atoms with Crippen LogP contribution in [-0.2, 0) is 4.79 Å². The average Bonchev–Trinajstić information content (AvgIpc) is 2.97. The van der Waals surface area contributed by atoms with Gasteiger partial charge >= 0.3 is 6.03 Å². The number of urea groups is 1. The minimum Gasteiger partial charge on any atom is -0.493 e. The monoisotopic (exact) mass is 358 g/mol. The summed E-state index contributed by atoms with van der Waals surface area (Å²) in [7, 11) is 0. The van der Waals surface area contributed by atoms with E-state index in [0.717, 1.165) is 21.2 Å². The Kier molecular flexibility index (Phi) is 4.34. The summed E-state index contributed by atoms with van der Waals surface area (Å²) in [5, 5.41) is 4.66. The summed E-state index contributed by atoms with van der Waals surface area (Å²) in [5.74, 6) is 0.283. The highest BCUT2D eigenvalue weighted by molar-refractivity contribution is 6.28. The summed E-state index contributed by atoms with van der Waals surface area (Å²) in [6, 6.07) is 20.1. The molecular formula is C22H18N2O3. The maximum absolute atomic E-state index is 12.9. The molecule has 0 aromatic heterocycles. The number of hydrogen-bond donors (Lipinski definition) is 1. The molecule has 4 rings (SSSR count). The first-order chi connectivity index (χ1) is 13.2. The van der Waals surface area contributed by atoms with Gasteiger partial charge in [0.25, 0.3) is 5.91 Å². The van der Waals surface area contributed by atoms with Crippen molar-refractivity contribution < 1.29 is 14.3 Å². The van der Waals surface area contributed by atoms with E-state index in [1.165, 1.54) is 0 Å². The zero-order valence-corrected chi connectivity index (χ0v) is 14.8. The van der Waals surface area contributed by atoms with Crippen LogP contribution in [-0.4, -0.2) is 18.5 Å². The van der Waals surface area contributed by atoms with Gasteiger partial charge in [-0.15, -0.1) is 0 Å². The first kappa shape index (κ1) is 16.8. The maximum atomic E-state index is 12.9. The van der Waals surface area contributed by atoms with Gasteiger partial charge in [-0.1, -0.05) is 48.5 Å². The molecule has 1 N–H and O–H groups in total. The zero-order chi connectivity index (χ0) is 18.8. The van der Waals surface area contributed by atoms with Crippen LogP contribution in [0.15, 0.2) is 72.4 Å². The van der Waals surface area contributed by atoms with E-state index in [9.17, 15) is 9.59 Å². The van der Waals surface area contributed by atoms with Crippen LogP contribution in [0.25, 0.3) is 16.8 Å². The fourth-order valence-electron chi connectivity index (χ4n) is 3.20. The van der Waals surface area contributed by atoms with Gasteiger partial charge in [0.1, 0.15) is 11.4 Å². The zero-order valence-electron chi connectivity index (χ0n) is 14.8. The number of imide groups is 1. The number of para-hydroxylation sites is 1. The van der Waals surface area contributed by atoms with Crippen molar-refractivity contribution in [1.29, 1.82) is 0 Å². The second-order valence-corrected chi connectivity index (χ2v) is 6.10. The Morgan fingerprint density at radius 1 is 0.963 bits per heavy atom. The molecule has 1 aliphatic heterocycles. The van der Waals surface area contributed by atoms with Gasteiger partial charge < -0.3 is 10.1 Å². The lowest BCUT2D eigenvalue weighted by atomic mass is 10.0. The molecule has 0 spiro atoms. The first-order valence-electron chi connectivity index (χ1n) is 8.76. The van der Waals surface area contributed by atoms with E-state index in [-0.39, 0.29) is 11.6 Å². The number of fused-ring (bicyclic) bond motifs is 1. The van der Waals surface area contributed by atoms with E-state index in [0.29, 0.717) is 18.0 Å². The van der Waals surface area contributed by atoms with E-state index < -0.39 is 6.03 Å². The molecule has 3 amide bonds. The summed E-state index contributed by atoms with van der Waals surface area (Å²) in [6.07, 6.45) is 1.69. The van der Waals surface area contributed by atoms with Crippen molar-refractivity contribution in [1.82, 2.24) is 5.32 Å². The van der Waals surface area contributed by atoms with E-state index >= 15 is 0 Å². The number of hydrogen-bond acceptors (Lipinski definition) is 3. The van der Waals surface area contributed by atoms with E-state index in [1.54, 1.807) is 30.3 Å². The Bertz CT molecular complexity index is 1060. The predicted octanol–water partition coefficient (Wildman–Crippen LogP) is 4.34. The molecular weight excluding hydrogens is 340 g/mol. The number of rotatable bonds is 4. The molecule has 1 heterocycles. The fourth-order valence-corrected chi connectivity index (χ4v) is 3.20. The minimum absolute atomic E-state index is 0.223. The second kappa shape index (κ2) is 6.96. The van der Waals surface area contributed by atoms with Gasteiger partial charge in [-0.2, -0.15) is 0 Å². The van der Waals surface area contributed by atoms with Crippen LogP contribution < -0.4 is 15.0 Å². The Balaban J connectivity index is 1.81. The lowest BCUT2D eigenvalue weighted by Crippen LogP contribution is -2.30. The fraction of sp³-hybridized carbons (Fsp3) is 0.0909. The van der Waals surface area contributed by atoms with Gasteiger partial charge in [0.05, 0.1) is 12.3 Å². The molecule has 1 fully saturated rings. The molecule has 0 radical (unpaired) electrons. The molecule has 0 aliphatic carbocycles. The van der Waals surface area contributed by atoms with Crippen molar-refractivity contribution in [2.75, 3.05) is 11.5 Å². The van der Waals surface area contributed by atoms with Crippen LogP contribution in [0.2, 0.25) is 0 Å². The lowest BCUT2D eigenvalue weighted by Gasteiger charge is -2.12. The third kappa shape index (κ3) is 3.04. The maximum Gasteiger partial charge on any atom is 0.333 e. The summed E-state index contributed by atoms with van der Waals surface area (Å²) < 4.78 is 5.75. The van der Waals surface area contributed by atoms with Crippen LogP contribution in [0, 0.1) is 0 Å². The molecule has 134 valence electrons. The number of amides is 3. The van der Waals surface area contributed by atoms with E-state index in [4.69, 9.17) is 4.74 Å². The van der Waals surface area contributed by atoms with Crippen LogP contribution in [0.4, 0.5) is 10.5 Å². The SMILES string of the molecule is CCOc1ccc2ccccc2c1C=C1NC(=O)N(c2ccccc2)C1=O. The van der Waals surface area contributed by atoms with Crippen molar-refractivity contribution in [2.45, 2.75) is 6.92 Å². The van der Waals surface area contributed by atoms with Crippen LogP contribution >= 0.6 is 0 Å². The van der Waals surface area contributed by atoms with Gasteiger partial charge in [0, 0.05) is 5.56 Å². The van der Waals surface area contributed by atoms with Crippen LogP contribution in [0.1, 0.15) is 12.5 Å². The molecule has 0 atom stereocenters. The number of nitrogens with one attached hydrogen (secondary N) is 1. The largest absolute Gasteiger partial charge is 0.493 e. The normalized spacial score (nSPS) is 15.4. The molecule has 0 saturated carbocycles. The van der Waals surface area contributed by atoms with E-state index in [2.05, 4.69) is 5.32 Å². The smallest absolute Gasteiger partial charge is 0.333 e. The number of nitrogens with zero attached hydrogens (tertiary/aromatic N) is 1. The van der Waals surface area contributed by atoms with E-state index in [1.807, 2.05) is 49.4 Å².